The average Bonchev–Trinajstić information content (AvgIpc) is 2.36. The third-order valence-electron chi connectivity index (χ3n) is 1.75. The summed E-state index contributed by atoms with van der Waals surface area (Å²) in [6, 6.07) is 0. The summed E-state index contributed by atoms with van der Waals surface area (Å²) in [5, 5.41) is 0. The van der Waals surface area contributed by atoms with Crippen LogP contribution in [0.25, 0.3) is 0 Å². The summed E-state index contributed by atoms with van der Waals surface area (Å²) >= 11 is 2.04. The van der Waals surface area contributed by atoms with E-state index in [4.69, 9.17) is 4.74 Å². The minimum atomic E-state index is 0.655. The third-order valence-corrected chi connectivity index (χ3v) is 2.89. The predicted octanol–water partition coefficient (Wildman–Crippen LogP) is 1.28. The van der Waals surface area contributed by atoms with Gasteiger partial charge in [-0.3, -0.25) is 0 Å². The molecule has 1 nitrogen and oxygen atoms in total. The highest BCUT2D eigenvalue weighted by Crippen LogP contribution is 2.33. The maximum absolute atomic E-state index is 5.34. The highest BCUT2D eigenvalue weighted by molar-refractivity contribution is 7.99. The molecule has 0 N–H and O–H groups in total. The number of thioether (sulfide) groups is 1. The Morgan fingerprint density at radius 1 is 1.38 bits per heavy atom. The summed E-state index contributed by atoms with van der Waals surface area (Å²) in [6.07, 6.45) is 4.01. The summed E-state index contributed by atoms with van der Waals surface area (Å²) in [6.45, 7) is 0. The predicted molar refractivity (Wildman–Crippen MR) is 35.2 cm³/mol. The lowest BCUT2D eigenvalue weighted by Crippen LogP contribution is -1.91. The lowest BCUT2D eigenvalue weighted by Gasteiger charge is -1.91. The van der Waals surface area contributed by atoms with Crippen molar-refractivity contribution in [1.29, 1.82) is 0 Å². The maximum Gasteiger partial charge on any atom is 0.0931 e. The Hall–Kier alpha value is 0.310. The van der Waals surface area contributed by atoms with Crippen molar-refractivity contribution in [2.24, 2.45) is 0 Å². The van der Waals surface area contributed by atoms with Crippen LogP contribution in [-0.4, -0.2) is 23.7 Å². The van der Waals surface area contributed by atoms with E-state index in [0.29, 0.717) is 12.2 Å². The zero-order chi connectivity index (χ0) is 5.40. The summed E-state index contributed by atoms with van der Waals surface area (Å²) in [5.41, 5.74) is 0. The van der Waals surface area contributed by atoms with Gasteiger partial charge in [0.25, 0.3) is 0 Å². The van der Waals surface area contributed by atoms with E-state index in [2.05, 4.69) is 0 Å². The molecule has 2 heterocycles. The number of rotatable bonds is 0. The van der Waals surface area contributed by atoms with Crippen molar-refractivity contribution in [2.45, 2.75) is 25.0 Å². The molecular formula is C6H10OS. The molecule has 2 saturated heterocycles. The number of ether oxygens (including phenoxy) is 1. The Morgan fingerprint density at radius 2 is 2.38 bits per heavy atom. The van der Waals surface area contributed by atoms with E-state index in [1.54, 1.807) is 0 Å². The van der Waals surface area contributed by atoms with Crippen LogP contribution in [0.4, 0.5) is 0 Å². The van der Waals surface area contributed by atoms with Crippen LogP contribution in [0, 0.1) is 0 Å². The Morgan fingerprint density at radius 3 is 3.38 bits per heavy atom. The molecule has 0 saturated carbocycles. The van der Waals surface area contributed by atoms with Crippen LogP contribution < -0.4 is 0 Å². The Bertz CT molecular complexity index is 84.5. The van der Waals surface area contributed by atoms with Crippen molar-refractivity contribution in [3.63, 3.8) is 0 Å². The summed E-state index contributed by atoms with van der Waals surface area (Å²) in [4.78, 5) is 0. The Labute approximate surface area is 53.8 Å². The van der Waals surface area contributed by atoms with Crippen molar-refractivity contribution >= 4 is 11.8 Å². The van der Waals surface area contributed by atoms with Crippen LogP contribution in [0.1, 0.15) is 12.8 Å². The van der Waals surface area contributed by atoms with E-state index >= 15 is 0 Å². The third kappa shape index (κ3) is 0.869. The molecule has 2 fully saturated rings. The first-order valence-corrected chi connectivity index (χ1v) is 4.35. The van der Waals surface area contributed by atoms with Gasteiger partial charge in [-0.2, -0.15) is 11.8 Å². The van der Waals surface area contributed by atoms with Crippen LogP contribution in [0.15, 0.2) is 0 Å². The van der Waals surface area contributed by atoms with Gasteiger partial charge in [0, 0.05) is 5.75 Å². The van der Waals surface area contributed by atoms with Gasteiger partial charge in [-0.15, -0.1) is 0 Å². The Balaban J connectivity index is 1.89. The van der Waals surface area contributed by atoms with Gasteiger partial charge in [0.15, 0.2) is 0 Å². The molecule has 0 aromatic heterocycles. The van der Waals surface area contributed by atoms with Gasteiger partial charge >= 0.3 is 0 Å². The van der Waals surface area contributed by atoms with Crippen molar-refractivity contribution < 1.29 is 4.74 Å². The molecule has 0 radical (unpaired) electrons. The van der Waals surface area contributed by atoms with E-state index < -0.39 is 0 Å². The molecule has 0 bridgehead atoms. The fraction of sp³-hybridized carbons (Fsp3) is 1.00. The topological polar surface area (TPSA) is 12.5 Å². The second-order valence-corrected chi connectivity index (χ2v) is 3.58. The first-order valence-electron chi connectivity index (χ1n) is 3.20. The fourth-order valence-electron chi connectivity index (χ4n) is 1.17. The van der Waals surface area contributed by atoms with Crippen molar-refractivity contribution in [1.82, 2.24) is 0 Å². The van der Waals surface area contributed by atoms with Gasteiger partial charge in [0.1, 0.15) is 0 Å². The largest absolute Gasteiger partial charge is 0.369 e. The SMILES string of the molecule is C1CSCC2OC2C1. The van der Waals surface area contributed by atoms with Crippen molar-refractivity contribution in [3.8, 4) is 0 Å². The fourth-order valence-corrected chi connectivity index (χ4v) is 2.23. The molecule has 2 aliphatic heterocycles. The van der Waals surface area contributed by atoms with Crippen molar-refractivity contribution in [2.75, 3.05) is 11.5 Å². The second-order valence-electron chi connectivity index (χ2n) is 2.43. The second kappa shape index (κ2) is 1.92. The number of epoxide rings is 1. The van der Waals surface area contributed by atoms with Gasteiger partial charge < -0.3 is 4.74 Å². The smallest absolute Gasteiger partial charge is 0.0931 e. The molecular weight excluding hydrogens is 120 g/mol. The minimum absolute atomic E-state index is 0.655. The van der Waals surface area contributed by atoms with Crippen LogP contribution >= 0.6 is 11.8 Å². The van der Waals surface area contributed by atoms with Crippen LogP contribution in [-0.2, 0) is 4.74 Å². The molecule has 8 heavy (non-hydrogen) atoms. The van der Waals surface area contributed by atoms with E-state index in [-0.39, 0.29) is 0 Å². The van der Waals surface area contributed by atoms with Gasteiger partial charge in [0.05, 0.1) is 12.2 Å². The van der Waals surface area contributed by atoms with Gasteiger partial charge in [-0.05, 0) is 18.6 Å². The molecule has 2 aliphatic rings. The summed E-state index contributed by atoms with van der Waals surface area (Å²) in [7, 11) is 0. The molecule has 0 aliphatic carbocycles. The summed E-state index contributed by atoms with van der Waals surface area (Å²) < 4.78 is 5.34. The zero-order valence-electron chi connectivity index (χ0n) is 4.80. The lowest BCUT2D eigenvalue weighted by molar-refractivity contribution is 0.369. The van der Waals surface area contributed by atoms with E-state index in [1.165, 1.54) is 24.3 Å². The standard InChI is InChI=1S/C6H10OS/c1-2-5-6(7-5)4-8-3-1/h5-6H,1-4H2. The van der Waals surface area contributed by atoms with Crippen LogP contribution in [0.2, 0.25) is 0 Å². The molecule has 2 unspecified atom stereocenters. The molecule has 2 rings (SSSR count). The minimum Gasteiger partial charge on any atom is -0.369 e. The molecule has 46 valence electrons. The van der Waals surface area contributed by atoms with E-state index in [1.807, 2.05) is 11.8 Å². The van der Waals surface area contributed by atoms with Gasteiger partial charge in [0.2, 0.25) is 0 Å². The molecule has 0 spiro atoms. The number of hydrogen-bond donors (Lipinski definition) is 0. The Kier molecular flexibility index (Phi) is 1.23. The van der Waals surface area contributed by atoms with E-state index in [0.717, 1.165) is 0 Å². The average molecular weight is 130 g/mol. The molecule has 0 amide bonds. The number of hydrogen-bond acceptors (Lipinski definition) is 2. The maximum atomic E-state index is 5.34. The van der Waals surface area contributed by atoms with E-state index in [9.17, 15) is 0 Å². The molecule has 2 heteroatoms. The first kappa shape index (κ1) is 5.12. The molecule has 0 aromatic carbocycles. The van der Waals surface area contributed by atoms with Crippen LogP contribution in [0.3, 0.4) is 0 Å². The highest BCUT2D eigenvalue weighted by atomic mass is 32.2. The van der Waals surface area contributed by atoms with Crippen LogP contribution in [0.5, 0.6) is 0 Å². The summed E-state index contributed by atoms with van der Waals surface area (Å²) in [5.74, 6) is 2.61. The zero-order valence-corrected chi connectivity index (χ0v) is 5.62. The lowest BCUT2D eigenvalue weighted by atomic mass is 10.2. The first-order chi connectivity index (χ1) is 3.97. The normalized spacial score (nSPS) is 45.0. The van der Waals surface area contributed by atoms with Gasteiger partial charge in [-0.25, -0.2) is 0 Å². The van der Waals surface area contributed by atoms with Crippen molar-refractivity contribution in [3.05, 3.63) is 0 Å². The molecule has 2 atom stereocenters. The quantitative estimate of drug-likeness (QED) is 0.458. The monoisotopic (exact) mass is 130 g/mol. The van der Waals surface area contributed by atoms with Gasteiger partial charge in [-0.1, -0.05) is 0 Å². The number of fused-ring (bicyclic) bond motifs is 1. The molecule has 0 aromatic rings. The highest BCUT2D eigenvalue weighted by Gasteiger charge is 2.38.